The predicted octanol–water partition coefficient (Wildman–Crippen LogP) is 4.19. The lowest BCUT2D eigenvalue weighted by Gasteiger charge is -2.26. The molecule has 0 radical (unpaired) electrons. The summed E-state index contributed by atoms with van der Waals surface area (Å²) in [6, 6.07) is 10.8. The molecule has 1 saturated heterocycles. The first-order chi connectivity index (χ1) is 17.9. The van der Waals surface area contributed by atoms with Gasteiger partial charge in [0.25, 0.3) is 11.5 Å². The molecule has 1 fully saturated rings. The molecule has 0 unspecified atom stereocenters. The average molecular weight is 571 g/mol. The highest BCUT2D eigenvalue weighted by Crippen LogP contribution is 2.28. The number of rotatable bonds is 9. The van der Waals surface area contributed by atoms with Gasteiger partial charge in [0.2, 0.25) is 0 Å². The van der Waals surface area contributed by atoms with Crippen LogP contribution in [0, 0.1) is 0 Å². The molecule has 2 heterocycles. The first kappa shape index (κ1) is 26.8. The number of amides is 1. The van der Waals surface area contributed by atoms with Crippen molar-refractivity contribution in [3.8, 4) is 11.5 Å². The summed E-state index contributed by atoms with van der Waals surface area (Å²) in [5.74, 6) is 1.51. The number of aromatic nitrogens is 2. The van der Waals surface area contributed by atoms with Gasteiger partial charge in [-0.15, -0.1) is 0 Å². The number of benzene rings is 2. The van der Waals surface area contributed by atoms with Crippen LogP contribution in [-0.2, 0) is 9.53 Å². The quantitative estimate of drug-likeness (QED) is 0.358. The van der Waals surface area contributed by atoms with Crippen LogP contribution in [0.4, 0.5) is 0 Å². The van der Waals surface area contributed by atoms with Crippen LogP contribution < -0.4 is 15.0 Å². The first-order valence-corrected chi connectivity index (χ1v) is 13.2. The molecule has 0 spiro atoms. The Hall–Kier alpha value is -3.24. The third kappa shape index (κ3) is 6.37. The number of hydrogen-bond acceptors (Lipinski definition) is 7. The number of fused-ring (bicyclic) bond motifs is 1. The zero-order valence-electron chi connectivity index (χ0n) is 21.3. The van der Waals surface area contributed by atoms with E-state index < -0.39 is 0 Å². The molecule has 3 aromatic rings. The summed E-state index contributed by atoms with van der Waals surface area (Å²) >= 11 is 3.43. The van der Waals surface area contributed by atoms with Gasteiger partial charge in [0.05, 0.1) is 36.9 Å². The fraction of sp³-hybridized carbons (Fsp3) is 0.407. The lowest BCUT2D eigenvalue weighted by atomic mass is 10.1. The molecule has 2 aromatic carbocycles. The topological polar surface area (TPSA) is 95.2 Å². The zero-order chi connectivity index (χ0) is 26.4. The van der Waals surface area contributed by atoms with Crippen LogP contribution in [-0.4, -0.2) is 66.2 Å². The molecule has 1 aliphatic heterocycles. The Bertz CT molecular complexity index is 1350. The highest BCUT2D eigenvalue weighted by Gasteiger charge is 2.19. The largest absolute Gasteiger partial charge is 0.490 e. The summed E-state index contributed by atoms with van der Waals surface area (Å²) in [7, 11) is 0. The smallest absolute Gasteiger partial charge is 0.282 e. The van der Waals surface area contributed by atoms with Gasteiger partial charge in [-0.2, -0.15) is 9.78 Å². The van der Waals surface area contributed by atoms with Crippen molar-refractivity contribution in [3.05, 3.63) is 62.6 Å². The number of carbonyl (C=O) groups is 1. The molecule has 9 nitrogen and oxygen atoms in total. The Morgan fingerprint density at radius 1 is 1.16 bits per heavy atom. The normalized spacial score (nSPS) is 14.8. The van der Waals surface area contributed by atoms with Gasteiger partial charge in [-0.25, -0.2) is 4.98 Å². The molecule has 10 heteroatoms. The second-order valence-electron chi connectivity index (χ2n) is 8.72. The van der Waals surface area contributed by atoms with Crippen LogP contribution >= 0.6 is 15.9 Å². The Kier molecular flexibility index (Phi) is 8.94. The Balaban J connectivity index is 1.61. The van der Waals surface area contributed by atoms with E-state index in [-0.39, 0.29) is 24.0 Å². The maximum Gasteiger partial charge on any atom is 0.282 e. The van der Waals surface area contributed by atoms with Crippen LogP contribution in [0.3, 0.4) is 0 Å². The van der Waals surface area contributed by atoms with Gasteiger partial charge in [0, 0.05) is 23.5 Å². The Morgan fingerprint density at radius 2 is 1.95 bits per heavy atom. The molecular formula is C27H31BrN4O5. The summed E-state index contributed by atoms with van der Waals surface area (Å²) in [5.41, 5.74) is 1.12. The Labute approximate surface area is 224 Å². The number of ether oxygens (including phenoxy) is 3. The van der Waals surface area contributed by atoms with Gasteiger partial charge in [0.15, 0.2) is 18.1 Å². The van der Waals surface area contributed by atoms with Gasteiger partial charge >= 0.3 is 0 Å². The minimum atomic E-state index is -0.232. The van der Waals surface area contributed by atoms with Crippen molar-refractivity contribution in [1.29, 1.82) is 0 Å². The number of hydrogen-bond donors (Lipinski definition) is 0. The maximum atomic E-state index is 13.3. The van der Waals surface area contributed by atoms with E-state index in [4.69, 9.17) is 19.2 Å². The molecule has 1 aromatic heterocycles. The van der Waals surface area contributed by atoms with Gasteiger partial charge in [-0.3, -0.25) is 9.59 Å². The van der Waals surface area contributed by atoms with Gasteiger partial charge in [0.1, 0.15) is 5.82 Å². The second-order valence-corrected chi connectivity index (χ2v) is 9.64. The van der Waals surface area contributed by atoms with Crippen LogP contribution in [0.25, 0.3) is 10.9 Å². The molecule has 1 aliphatic rings. The molecule has 0 aliphatic carbocycles. The van der Waals surface area contributed by atoms with Crippen molar-refractivity contribution in [1.82, 2.24) is 14.6 Å². The van der Waals surface area contributed by atoms with Gasteiger partial charge in [-0.1, -0.05) is 29.8 Å². The van der Waals surface area contributed by atoms with E-state index in [9.17, 15) is 9.59 Å². The Morgan fingerprint density at radius 3 is 2.68 bits per heavy atom. The number of carbonyl (C=O) groups excluding carboxylic acids is 1. The first-order valence-electron chi connectivity index (χ1n) is 12.4. The summed E-state index contributed by atoms with van der Waals surface area (Å²) in [4.78, 5) is 32.3. The van der Waals surface area contributed by atoms with E-state index in [1.165, 1.54) is 4.68 Å². The minimum Gasteiger partial charge on any atom is -0.490 e. The van der Waals surface area contributed by atoms with E-state index in [0.29, 0.717) is 66.7 Å². The summed E-state index contributed by atoms with van der Waals surface area (Å²) in [5, 5.41) is 5.01. The average Bonchev–Trinajstić information content (AvgIpc) is 2.92. The molecule has 0 bridgehead atoms. The molecule has 1 amide bonds. The lowest BCUT2D eigenvalue weighted by molar-refractivity contribution is -0.137. The highest BCUT2D eigenvalue weighted by atomic mass is 79.9. The van der Waals surface area contributed by atoms with Crippen LogP contribution in [0.2, 0.25) is 0 Å². The number of nitrogens with zero attached hydrogens (tertiary/aromatic N) is 4. The second kappa shape index (κ2) is 12.3. The van der Waals surface area contributed by atoms with Crippen LogP contribution in [0.1, 0.15) is 44.5 Å². The molecule has 0 saturated carbocycles. The standard InChI is InChI=1S/C27H31BrN4O5/c1-4-18(3)26-30-22-8-7-20(28)15-21(22)27(34)32(26)29-16-19-6-9-23(24(14-19)36-5-2)37-17-25(33)31-10-12-35-13-11-31/h6-9,14-16,18H,4-5,10-13,17H2,1-3H3/t18-/m1/s1. The van der Waals surface area contributed by atoms with Crippen LogP contribution in [0.15, 0.2) is 50.8 Å². The van der Waals surface area contributed by atoms with E-state index in [1.54, 1.807) is 35.4 Å². The van der Waals surface area contributed by atoms with Crippen molar-refractivity contribution in [2.75, 3.05) is 39.5 Å². The minimum absolute atomic E-state index is 0.0386. The van der Waals surface area contributed by atoms with Gasteiger partial charge < -0.3 is 19.1 Å². The summed E-state index contributed by atoms with van der Waals surface area (Å²) < 4.78 is 19.0. The molecule has 0 N–H and O–H groups in total. The SMILES string of the molecule is CCOc1cc(C=Nn2c([C@H](C)CC)nc3ccc(Br)cc3c2=O)ccc1OCC(=O)N1CCOCC1. The molecule has 4 rings (SSSR count). The molecule has 37 heavy (non-hydrogen) atoms. The zero-order valence-corrected chi connectivity index (χ0v) is 22.9. The number of halogens is 1. The van der Waals surface area contributed by atoms with E-state index in [0.717, 1.165) is 10.9 Å². The van der Waals surface area contributed by atoms with Crippen LogP contribution in [0.5, 0.6) is 11.5 Å². The van der Waals surface area contributed by atoms with Crippen molar-refractivity contribution in [2.45, 2.75) is 33.1 Å². The summed E-state index contributed by atoms with van der Waals surface area (Å²) in [6.45, 7) is 8.49. The monoisotopic (exact) mass is 570 g/mol. The maximum absolute atomic E-state index is 13.3. The molecule has 196 valence electrons. The number of morpholine rings is 1. The van der Waals surface area contributed by atoms with Crippen molar-refractivity contribution in [2.24, 2.45) is 5.10 Å². The third-order valence-electron chi connectivity index (χ3n) is 6.19. The lowest BCUT2D eigenvalue weighted by Crippen LogP contribution is -2.43. The van der Waals surface area contributed by atoms with Gasteiger partial charge in [-0.05, 0) is 55.3 Å². The summed E-state index contributed by atoms with van der Waals surface area (Å²) in [6.07, 6.45) is 2.41. The fourth-order valence-electron chi connectivity index (χ4n) is 3.94. The molecule has 1 atom stereocenters. The van der Waals surface area contributed by atoms with Crippen molar-refractivity contribution in [3.63, 3.8) is 0 Å². The fourth-order valence-corrected chi connectivity index (χ4v) is 4.30. The third-order valence-corrected chi connectivity index (χ3v) is 6.68. The van der Waals surface area contributed by atoms with Crippen molar-refractivity contribution < 1.29 is 19.0 Å². The van der Waals surface area contributed by atoms with E-state index >= 15 is 0 Å². The highest BCUT2D eigenvalue weighted by molar-refractivity contribution is 9.10. The van der Waals surface area contributed by atoms with E-state index in [2.05, 4.69) is 21.0 Å². The van der Waals surface area contributed by atoms with E-state index in [1.807, 2.05) is 32.9 Å². The van der Waals surface area contributed by atoms with Crippen molar-refractivity contribution >= 4 is 39.0 Å². The molecular weight excluding hydrogens is 540 g/mol. The predicted molar refractivity (Wildman–Crippen MR) is 146 cm³/mol.